The van der Waals surface area contributed by atoms with Crippen LogP contribution in [0.5, 0.6) is 5.75 Å². The average Bonchev–Trinajstić information content (AvgIpc) is 3.04. The number of likely N-dealkylation sites (tertiary alicyclic amines) is 1. The fourth-order valence-electron chi connectivity index (χ4n) is 3.93. The molecular formula is C20H26FN5O2. The van der Waals surface area contributed by atoms with Gasteiger partial charge in [-0.1, -0.05) is 0 Å². The van der Waals surface area contributed by atoms with Crippen molar-refractivity contribution in [2.24, 2.45) is 0 Å². The first-order valence-corrected chi connectivity index (χ1v) is 9.87. The van der Waals surface area contributed by atoms with Gasteiger partial charge in [-0.2, -0.15) is 0 Å². The smallest absolute Gasteiger partial charge is 0.260 e. The minimum atomic E-state index is -0.323. The van der Waals surface area contributed by atoms with Gasteiger partial charge in [-0.05, 0) is 44.2 Å². The zero-order valence-electron chi connectivity index (χ0n) is 16.2. The number of carbonyl (C=O) groups excluding carboxylic acids is 1. The fraction of sp³-hybridized carbons (Fsp3) is 0.550. The molecule has 0 radical (unpaired) electrons. The Bertz CT molecular complexity index is 823. The van der Waals surface area contributed by atoms with Crippen LogP contribution in [0.25, 0.3) is 0 Å². The number of aromatic nitrogens is 3. The van der Waals surface area contributed by atoms with Gasteiger partial charge in [0.2, 0.25) is 0 Å². The van der Waals surface area contributed by atoms with Crippen LogP contribution >= 0.6 is 0 Å². The molecule has 1 fully saturated rings. The molecule has 1 aromatic carbocycles. The van der Waals surface area contributed by atoms with Crippen LogP contribution in [0.1, 0.15) is 30.4 Å². The minimum Gasteiger partial charge on any atom is -0.484 e. The SMILES string of the molecule is CN1CCc2nnc([C@H]3CCCN(C(=O)COc4ccc(F)cc4)C3)n2CC1. The van der Waals surface area contributed by atoms with Crippen molar-refractivity contribution in [2.75, 3.05) is 39.8 Å². The number of amides is 1. The maximum Gasteiger partial charge on any atom is 0.260 e. The number of carbonyl (C=O) groups is 1. The molecule has 2 aliphatic heterocycles. The number of nitrogens with zero attached hydrogens (tertiary/aromatic N) is 5. The lowest BCUT2D eigenvalue weighted by Gasteiger charge is -2.32. The van der Waals surface area contributed by atoms with E-state index in [2.05, 4.69) is 26.7 Å². The molecule has 8 heteroatoms. The lowest BCUT2D eigenvalue weighted by atomic mass is 9.97. The molecule has 2 aromatic rings. The van der Waals surface area contributed by atoms with Crippen LogP contribution in [0.3, 0.4) is 0 Å². The van der Waals surface area contributed by atoms with E-state index >= 15 is 0 Å². The molecule has 1 amide bonds. The van der Waals surface area contributed by atoms with Gasteiger partial charge in [-0.3, -0.25) is 4.79 Å². The molecular weight excluding hydrogens is 361 g/mol. The molecule has 0 aliphatic carbocycles. The summed E-state index contributed by atoms with van der Waals surface area (Å²) in [7, 11) is 2.13. The Labute approximate surface area is 164 Å². The Morgan fingerprint density at radius 1 is 1.18 bits per heavy atom. The van der Waals surface area contributed by atoms with Gasteiger partial charge in [-0.25, -0.2) is 4.39 Å². The van der Waals surface area contributed by atoms with Gasteiger partial charge in [0.1, 0.15) is 23.2 Å². The highest BCUT2D eigenvalue weighted by molar-refractivity contribution is 5.78. The molecule has 1 saturated heterocycles. The van der Waals surface area contributed by atoms with E-state index in [1.54, 1.807) is 0 Å². The number of piperidine rings is 1. The minimum absolute atomic E-state index is 0.0406. The molecule has 1 aromatic heterocycles. The van der Waals surface area contributed by atoms with Crippen molar-refractivity contribution < 1.29 is 13.9 Å². The number of hydrogen-bond donors (Lipinski definition) is 0. The summed E-state index contributed by atoms with van der Waals surface area (Å²) in [6.45, 7) is 4.20. The molecule has 4 rings (SSSR count). The molecule has 0 saturated carbocycles. The summed E-state index contributed by atoms with van der Waals surface area (Å²) < 4.78 is 20.7. The summed E-state index contributed by atoms with van der Waals surface area (Å²) in [6.07, 6.45) is 2.86. The third kappa shape index (κ3) is 4.16. The first kappa shape index (κ1) is 18.9. The van der Waals surface area contributed by atoms with Gasteiger partial charge in [0.05, 0.1) is 0 Å². The summed E-state index contributed by atoms with van der Waals surface area (Å²) in [5.74, 6) is 2.37. The Morgan fingerprint density at radius 2 is 2.00 bits per heavy atom. The summed E-state index contributed by atoms with van der Waals surface area (Å²) in [5.41, 5.74) is 0. The van der Waals surface area contributed by atoms with E-state index in [1.165, 1.54) is 24.3 Å². The van der Waals surface area contributed by atoms with Crippen LogP contribution in [0.2, 0.25) is 0 Å². The lowest BCUT2D eigenvalue weighted by molar-refractivity contribution is -0.134. The highest BCUT2D eigenvalue weighted by Gasteiger charge is 2.29. The van der Waals surface area contributed by atoms with E-state index in [4.69, 9.17) is 4.74 Å². The standard InChI is InChI=1S/C20H26FN5O2/c1-24-10-8-18-22-23-20(26(18)12-11-24)15-3-2-9-25(13-15)19(27)14-28-17-6-4-16(21)5-7-17/h4-7,15H,2-3,8-14H2,1H3/t15-/m0/s1. The molecule has 28 heavy (non-hydrogen) atoms. The second-order valence-corrected chi connectivity index (χ2v) is 7.60. The number of rotatable bonds is 4. The topological polar surface area (TPSA) is 63.5 Å². The number of fused-ring (bicyclic) bond motifs is 1. The molecule has 150 valence electrons. The Balaban J connectivity index is 1.38. The Kier molecular flexibility index (Phi) is 5.57. The van der Waals surface area contributed by atoms with Gasteiger partial charge in [0.25, 0.3) is 5.91 Å². The lowest BCUT2D eigenvalue weighted by Crippen LogP contribution is -2.42. The number of likely N-dealkylation sites (N-methyl/N-ethyl adjacent to an activating group) is 1. The van der Waals surface area contributed by atoms with Crippen LogP contribution in [0.15, 0.2) is 24.3 Å². The van der Waals surface area contributed by atoms with Crippen LogP contribution in [0, 0.1) is 5.82 Å². The molecule has 2 aliphatic rings. The number of hydrogen-bond acceptors (Lipinski definition) is 5. The normalized spacial score (nSPS) is 20.5. The maximum atomic E-state index is 13.0. The van der Waals surface area contributed by atoms with Gasteiger partial charge in [0, 0.05) is 45.1 Å². The van der Waals surface area contributed by atoms with Crippen molar-refractivity contribution in [1.29, 1.82) is 0 Å². The number of ether oxygens (including phenoxy) is 1. The van der Waals surface area contributed by atoms with Crippen molar-refractivity contribution in [2.45, 2.75) is 31.7 Å². The monoisotopic (exact) mass is 387 g/mol. The predicted molar refractivity (Wildman–Crippen MR) is 102 cm³/mol. The fourth-order valence-corrected chi connectivity index (χ4v) is 3.93. The van der Waals surface area contributed by atoms with Crippen molar-refractivity contribution in [1.82, 2.24) is 24.6 Å². The third-order valence-corrected chi connectivity index (χ3v) is 5.59. The Hall–Kier alpha value is -2.48. The van der Waals surface area contributed by atoms with Crippen molar-refractivity contribution in [3.63, 3.8) is 0 Å². The zero-order valence-corrected chi connectivity index (χ0v) is 16.2. The van der Waals surface area contributed by atoms with E-state index in [1.807, 2.05) is 4.90 Å². The first-order chi connectivity index (χ1) is 13.6. The second-order valence-electron chi connectivity index (χ2n) is 7.60. The average molecular weight is 387 g/mol. The van der Waals surface area contributed by atoms with Gasteiger partial charge >= 0.3 is 0 Å². The largest absolute Gasteiger partial charge is 0.484 e. The van der Waals surface area contributed by atoms with E-state index < -0.39 is 0 Å². The number of halogens is 1. The maximum absolute atomic E-state index is 13.0. The van der Waals surface area contributed by atoms with Crippen LogP contribution < -0.4 is 4.74 Å². The molecule has 0 spiro atoms. The zero-order chi connectivity index (χ0) is 19.5. The summed E-state index contributed by atoms with van der Waals surface area (Å²) in [6, 6.07) is 5.71. The number of benzene rings is 1. The molecule has 0 unspecified atom stereocenters. The van der Waals surface area contributed by atoms with Gasteiger partial charge in [-0.15, -0.1) is 10.2 Å². The highest BCUT2D eigenvalue weighted by atomic mass is 19.1. The molecule has 7 nitrogen and oxygen atoms in total. The third-order valence-electron chi connectivity index (χ3n) is 5.59. The van der Waals surface area contributed by atoms with E-state index in [9.17, 15) is 9.18 Å². The van der Waals surface area contributed by atoms with E-state index in [-0.39, 0.29) is 24.2 Å². The molecule has 0 N–H and O–H groups in total. The first-order valence-electron chi connectivity index (χ1n) is 9.87. The van der Waals surface area contributed by atoms with E-state index in [0.29, 0.717) is 12.3 Å². The molecule has 0 bridgehead atoms. The van der Waals surface area contributed by atoms with Crippen molar-refractivity contribution in [3.05, 3.63) is 41.7 Å². The Morgan fingerprint density at radius 3 is 2.82 bits per heavy atom. The van der Waals surface area contributed by atoms with Crippen LogP contribution in [-0.2, 0) is 17.8 Å². The summed E-state index contributed by atoms with van der Waals surface area (Å²) in [4.78, 5) is 16.8. The van der Waals surface area contributed by atoms with Gasteiger partial charge in [0.15, 0.2) is 6.61 Å². The van der Waals surface area contributed by atoms with E-state index in [0.717, 1.165) is 57.1 Å². The summed E-state index contributed by atoms with van der Waals surface area (Å²) in [5, 5.41) is 8.88. The quantitative estimate of drug-likeness (QED) is 0.799. The van der Waals surface area contributed by atoms with Crippen LogP contribution in [0.4, 0.5) is 4.39 Å². The van der Waals surface area contributed by atoms with Gasteiger partial charge < -0.3 is 19.1 Å². The summed E-state index contributed by atoms with van der Waals surface area (Å²) >= 11 is 0. The van der Waals surface area contributed by atoms with Crippen molar-refractivity contribution >= 4 is 5.91 Å². The molecule has 1 atom stereocenters. The predicted octanol–water partition coefficient (Wildman–Crippen LogP) is 1.69. The molecule has 3 heterocycles. The van der Waals surface area contributed by atoms with Crippen molar-refractivity contribution in [3.8, 4) is 5.75 Å². The highest BCUT2D eigenvalue weighted by Crippen LogP contribution is 2.27. The van der Waals surface area contributed by atoms with Crippen LogP contribution in [-0.4, -0.2) is 70.3 Å². The second kappa shape index (κ2) is 8.26.